The van der Waals surface area contributed by atoms with Gasteiger partial charge in [-0.1, -0.05) is 24.9 Å². The Morgan fingerprint density at radius 1 is 1.50 bits per heavy atom. The molecule has 0 heterocycles. The monoisotopic (exact) mass is 294 g/mol. The summed E-state index contributed by atoms with van der Waals surface area (Å²) in [7, 11) is -3.83. The molecule has 1 aromatic carbocycles. The normalized spacial score (nSPS) is 13.6. The van der Waals surface area contributed by atoms with Crippen LogP contribution in [0.15, 0.2) is 23.1 Å². The maximum Gasteiger partial charge on any atom is 0.242 e. The maximum absolute atomic E-state index is 13.0. The second kappa shape index (κ2) is 6.47. The Morgan fingerprint density at radius 2 is 2.17 bits per heavy atom. The predicted molar refractivity (Wildman–Crippen MR) is 69.5 cm³/mol. The standard InChI is InChI=1S/C11H16ClFN2O2S/c1-2-3-9(14)7-15-18(16,17)11-6-8(13)4-5-10(11)12/h4-6,9,15H,2-3,7,14H2,1H3/t9-/m0/s1. The van der Waals surface area contributed by atoms with Crippen molar-refractivity contribution in [2.24, 2.45) is 5.73 Å². The van der Waals surface area contributed by atoms with Gasteiger partial charge in [0.25, 0.3) is 0 Å². The Labute approximate surface area is 111 Å². The SMILES string of the molecule is CCC[C@H](N)CNS(=O)(=O)c1cc(F)ccc1Cl. The molecule has 0 radical (unpaired) electrons. The number of hydrogen-bond donors (Lipinski definition) is 2. The highest BCUT2D eigenvalue weighted by molar-refractivity contribution is 7.89. The molecule has 0 amide bonds. The number of halogens is 2. The van der Waals surface area contributed by atoms with E-state index in [4.69, 9.17) is 17.3 Å². The fourth-order valence-electron chi connectivity index (χ4n) is 1.45. The van der Waals surface area contributed by atoms with Crippen LogP contribution in [-0.2, 0) is 10.0 Å². The fraction of sp³-hybridized carbons (Fsp3) is 0.455. The van der Waals surface area contributed by atoms with Crippen molar-refractivity contribution in [2.75, 3.05) is 6.54 Å². The van der Waals surface area contributed by atoms with Crippen molar-refractivity contribution >= 4 is 21.6 Å². The molecule has 7 heteroatoms. The van der Waals surface area contributed by atoms with Gasteiger partial charge in [0.1, 0.15) is 10.7 Å². The van der Waals surface area contributed by atoms with E-state index in [2.05, 4.69) is 4.72 Å². The molecular formula is C11H16ClFN2O2S. The van der Waals surface area contributed by atoms with Crippen LogP contribution in [0.5, 0.6) is 0 Å². The zero-order chi connectivity index (χ0) is 13.8. The van der Waals surface area contributed by atoms with Crippen LogP contribution in [0.3, 0.4) is 0 Å². The summed E-state index contributed by atoms with van der Waals surface area (Å²) >= 11 is 5.74. The Hall–Kier alpha value is -0.690. The number of benzene rings is 1. The second-order valence-corrected chi connectivity index (χ2v) is 6.12. The van der Waals surface area contributed by atoms with Gasteiger partial charge in [-0.25, -0.2) is 17.5 Å². The zero-order valence-electron chi connectivity index (χ0n) is 9.99. The van der Waals surface area contributed by atoms with Crippen molar-refractivity contribution in [1.82, 2.24) is 4.72 Å². The van der Waals surface area contributed by atoms with E-state index in [0.29, 0.717) is 6.42 Å². The van der Waals surface area contributed by atoms with Gasteiger partial charge in [0, 0.05) is 12.6 Å². The van der Waals surface area contributed by atoms with Crippen molar-refractivity contribution in [3.05, 3.63) is 29.0 Å². The first kappa shape index (κ1) is 15.4. The highest BCUT2D eigenvalue weighted by Crippen LogP contribution is 2.21. The van der Waals surface area contributed by atoms with E-state index in [-0.39, 0.29) is 22.5 Å². The second-order valence-electron chi connectivity index (χ2n) is 3.98. The van der Waals surface area contributed by atoms with Gasteiger partial charge in [-0.05, 0) is 24.6 Å². The molecule has 1 rings (SSSR count). The first-order chi connectivity index (χ1) is 8.36. The van der Waals surface area contributed by atoms with Crippen LogP contribution < -0.4 is 10.5 Å². The molecule has 18 heavy (non-hydrogen) atoms. The van der Waals surface area contributed by atoms with E-state index in [9.17, 15) is 12.8 Å². The van der Waals surface area contributed by atoms with E-state index in [1.165, 1.54) is 6.07 Å². The van der Waals surface area contributed by atoms with Crippen molar-refractivity contribution in [1.29, 1.82) is 0 Å². The fourth-order valence-corrected chi connectivity index (χ4v) is 3.05. The third-order valence-electron chi connectivity index (χ3n) is 2.38. The van der Waals surface area contributed by atoms with Crippen LogP contribution in [0.25, 0.3) is 0 Å². The lowest BCUT2D eigenvalue weighted by molar-refractivity contribution is 0.551. The third-order valence-corrected chi connectivity index (χ3v) is 4.28. The van der Waals surface area contributed by atoms with Crippen LogP contribution in [-0.4, -0.2) is 21.0 Å². The van der Waals surface area contributed by atoms with Crippen LogP contribution in [0.4, 0.5) is 4.39 Å². The first-order valence-corrected chi connectivity index (χ1v) is 7.43. The molecule has 3 N–H and O–H groups in total. The lowest BCUT2D eigenvalue weighted by Gasteiger charge is -2.12. The predicted octanol–water partition coefficient (Wildman–Crippen LogP) is 1.88. The average Bonchev–Trinajstić information content (AvgIpc) is 2.30. The van der Waals surface area contributed by atoms with Gasteiger partial charge >= 0.3 is 0 Å². The Bertz CT molecular complexity index is 508. The van der Waals surface area contributed by atoms with E-state index in [0.717, 1.165) is 18.6 Å². The van der Waals surface area contributed by atoms with Crippen LogP contribution >= 0.6 is 11.6 Å². The summed E-state index contributed by atoms with van der Waals surface area (Å²) in [5.41, 5.74) is 5.70. The molecule has 0 saturated heterocycles. The van der Waals surface area contributed by atoms with Gasteiger partial charge in [0.2, 0.25) is 10.0 Å². The molecule has 4 nitrogen and oxygen atoms in total. The number of sulfonamides is 1. The number of rotatable bonds is 6. The summed E-state index contributed by atoms with van der Waals surface area (Å²) < 4.78 is 39.1. The van der Waals surface area contributed by atoms with Crippen LogP contribution in [0.1, 0.15) is 19.8 Å². The van der Waals surface area contributed by atoms with Gasteiger partial charge in [0.15, 0.2) is 0 Å². The molecule has 0 aromatic heterocycles. The van der Waals surface area contributed by atoms with Crippen LogP contribution in [0.2, 0.25) is 5.02 Å². The van der Waals surface area contributed by atoms with E-state index < -0.39 is 15.8 Å². The molecule has 0 unspecified atom stereocenters. The summed E-state index contributed by atoms with van der Waals surface area (Å²) in [4.78, 5) is -0.270. The first-order valence-electron chi connectivity index (χ1n) is 5.57. The maximum atomic E-state index is 13.0. The molecule has 0 bridgehead atoms. The van der Waals surface area contributed by atoms with Gasteiger partial charge in [-0.2, -0.15) is 0 Å². The van der Waals surface area contributed by atoms with Crippen molar-refractivity contribution < 1.29 is 12.8 Å². The minimum atomic E-state index is -3.83. The quantitative estimate of drug-likeness (QED) is 0.841. The zero-order valence-corrected chi connectivity index (χ0v) is 11.6. The summed E-state index contributed by atoms with van der Waals surface area (Å²) in [5, 5.41) is -0.0204. The molecule has 0 saturated carbocycles. The largest absolute Gasteiger partial charge is 0.327 e. The average molecular weight is 295 g/mol. The summed E-state index contributed by atoms with van der Waals surface area (Å²) in [6, 6.07) is 2.93. The summed E-state index contributed by atoms with van der Waals surface area (Å²) in [6.45, 7) is 2.06. The topological polar surface area (TPSA) is 72.2 Å². The summed E-state index contributed by atoms with van der Waals surface area (Å²) in [6.07, 6.45) is 1.57. The molecule has 102 valence electrons. The van der Waals surface area contributed by atoms with Crippen molar-refractivity contribution in [3.63, 3.8) is 0 Å². The highest BCUT2D eigenvalue weighted by Gasteiger charge is 2.19. The molecule has 0 aliphatic carbocycles. The molecule has 0 spiro atoms. The summed E-state index contributed by atoms with van der Waals surface area (Å²) in [5.74, 6) is -0.655. The minimum Gasteiger partial charge on any atom is -0.327 e. The molecule has 0 aliphatic rings. The van der Waals surface area contributed by atoms with Gasteiger partial charge in [0.05, 0.1) is 5.02 Å². The molecule has 0 fully saturated rings. The lowest BCUT2D eigenvalue weighted by atomic mass is 10.2. The minimum absolute atomic E-state index is 0.0204. The number of nitrogens with one attached hydrogen (secondary N) is 1. The van der Waals surface area contributed by atoms with E-state index >= 15 is 0 Å². The Morgan fingerprint density at radius 3 is 2.78 bits per heavy atom. The third kappa shape index (κ3) is 4.20. The van der Waals surface area contributed by atoms with Crippen molar-refractivity contribution in [3.8, 4) is 0 Å². The Kier molecular flexibility index (Phi) is 5.52. The van der Waals surface area contributed by atoms with Gasteiger partial charge in [-0.15, -0.1) is 0 Å². The molecule has 0 aliphatic heterocycles. The van der Waals surface area contributed by atoms with Gasteiger partial charge < -0.3 is 5.73 Å². The van der Waals surface area contributed by atoms with Crippen molar-refractivity contribution in [2.45, 2.75) is 30.7 Å². The Balaban J connectivity index is 2.83. The molecule has 1 aromatic rings. The van der Waals surface area contributed by atoms with E-state index in [1.54, 1.807) is 0 Å². The highest BCUT2D eigenvalue weighted by atomic mass is 35.5. The smallest absolute Gasteiger partial charge is 0.242 e. The van der Waals surface area contributed by atoms with Gasteiger partial charge in [-0.3, -0.25) is 0 Å². The van der Waals surface area contributed by atoms with E-state index in [1.807, 2.05) is 6.92 Å². The number of nitrogens with two attached hydrogens (primary N) is 1. The molecular weight excluding hydrogens is 279 g/mol. The lowest BCUT2D eigenvalue weighted by Crippen LogP contribution is -2.37. The van der Waals surface area contributed by atoms with Crippen LogP contribution in [0, 0.1) is 5.82 Å². The molecule has 1 atom stereocenters. The number of hydrogen-bond acceptors (Lipinski definition) is 3.